The Hall–Kier alpha value is -4.07. The summed E-state index contributed by atoms with van der Waals surface area (Å²) in [5.74, 6) is -0.656. The summed E-state index contributed by atoms with van der Waals surface area (Å²) in [6, 6.07) is 9.14. The van der Waals surface area contributed by atoms with Crippen LogP contribution in [0.3, 0.4) is 0 Å². The van der Waals surface area contributed by atoms with E-state index < -0.39 is 24.3 Å². The van der Waals surface area contributed by atoms with Crippen LogP contribution in [0.2, 0.25) is 0 Å². The van der Waals surface area contributed by atoms with Crippen LogP contribution in [0.4, 0.5) is 14.5 Å². The Morgan fingerprint density at radius 2 is 1.95 bits per heavy atom. The van der Waals surface area contributed by atoms with Crippen molar-refractivity contribution in [3.8, 4) is 17.5 Å². The first-order valence-electron chi connectivity index (χ1n) is 12.0. The summed E-state index contributed by atoms with van der Waals surface area (Å²) in [5.41, 5.74) is 0.452. The number of hydrogen-bond donors (Lipinski definition) is 3. The van der Waals surface area contributed by atoms with Crippen molar-refractivity contribution in [1.82, 2.24) is 25.2 Å². The van der Waals surface area contributed by atoms with Gasteiger partial charge in [-0.1, -0.05) is 0 Å². The van der Waals surface area contributed by atoms with Crippen molar-refractivity contribution in [2.45, 2.75) is 63.0 Å². The molecule has 2 bridgehead atoms. The molecule has 192 valence electrons. The summed E-state index contributed by atoms with van der Waals surface area (Å²) in [6.07, 6.45) is 3.14. The van der Waals surface area contributed by atoms with E-state index in [9.17, 15) is 18.4 Å². The molecule has 3 N–H and O–H groups in total. The highest BCUT2D eigenvalue weighted by molar-refractivity contribution is 6.00. The second-order valence-electron chi connectivity index (χ2n) is 10.7. The number of aromatic nitrogens is 3. The third-order valence-corrected chi connectivity index (χ3v) is 7.10. The number of anilines is 1. The van der Waals surface area contributed by atoms with E-state index in [2.05, 4.69) is 32.1 Å². The van der Waals surface area contributed by atoms with E-state index in [1.54, 1.807) is 16.6 Å². The van der Waals surface area contributed by atoms with Gasteiger partial charge in [-0.15, -0.1) is 0 Å². The molecular weight excluding hydrogens is 480 g/mol. The SMILES string of the molecule is CC(=O)NC12CC(Nc3cc(-c4ccc5cc(C#N)cnn45)ncc3C(=O)NC[C@@H](F)C(C)(C)F)(C1)C2. The molecule has 0 spiro atoms. The molecule has 11 heteroatoms. The first kappa shape index (κ1) is 24.6. The lowest BCUT2D eigenvalue weighted by Crippen LogP contribution is -2.81. The van der Waals surface area contributed by atoms with Crippen LogP contribution in [0.1, 0.15) is 56.0 Å². The highest BCUT2D eigenvalue weighted by atomic mass is 19.2. The van der Waals surface area contributed by atoms with Gasteiger partial charge in [-0.25, -0.2) is 13.3 Å². The minimum atomic E-state index is -2.09. The number of carbonyl (C=O) groups is 2. The summed E-state index contributed by atoms with van der Waals surface area (Å²) in [7, 11) is 0. The van der Waals surface area contributed by atoms with Crippen LogP contribution in [0.5, 0.6) is 0 Å². The third-order valence-electron chi connectivity index (χ3n) is 7.10. The number of halogens is 2. The number of nitrogens with one attached hydrogen (secondary N) is 3. The quantitative estimate of drug-likeness (QED) is 0.430. The Morgan fingerprint density at radius 3 is 2.59 bits per heavy atom. The minimum Gasteiger partial charge on any atom is -0.379 e. The van der Waals surface area contributed by atoms with Gasteiger partial charge in [0.15, 0.2) is 6.17 Å². The monoisotopic (exact) mass is 507 g/mol. The summed E-state index contributed by atoms with van der Waals surface area (Å²) < 4.78 is 29.7. The van der Waals surface area contributed by atoms with Crippen LogP contribution in [-0.2, 0) is 4.79 Å². The summed E-state index contributed by atoms with van der Waals surface area (Å²) >= 11 is 0. The maximum Gasteiger partial charge on any atom is 0.255 e. The molecule has 3 fully saturated rings. The zero-order valence-electron chi connectivity index (χ0n) is 20.7. The molecule has 0 aliphatic heterocycles. The normalized spacial score (nSPS) is 22.8. The van der Waals surface area contributed by atoms with Gasteiger partial charge in [-0.3, -0.25) is 14.6 Å². The van der Waals surface area contributed by atoms with E-state index in [1.807, 2.05) is 12.1 Å². The Bertz CT molecular complexity index is 1430. The zero-order valence-corrected chi connectivity index (χ0v) is 20.7. The van der Waals surface area contributed by atoms with E-state index in [0.717, 1.165) is 13.8 Å². The lowest BCUT2D eigenvalue weighted by Gasteiger charge is -2.70. The van der Waals surface area contributed by atoms with Crippen LogP contribution in [0.25, 0.3) is 16.9 Å². The van der Waals surface area contributed by atoms with Gasteiger partial charge in [0.1, 0.15) is 11.7 Å². The van der Waals surface area contributed by atoms with Gasteiger partial charge in [0.25, 0.3) is 5.91 Å². The van der Waals surface area contributed by atoms with Gasteiger partial charge in [0.2, 0.25) is 5.91 Å². The molecule has 9 nitrogen and oxygen atoms in total. The standard InChI is InChI=1S/C26H27F2N7O2/c1-15(36)33-25-12-26(13-25,14-25)34-19-7-20(21-5-4-17-6-16(8-29)9-32-35(17)21)30-10-18(19)23(37)31-11-22(27)24(2,3)28/h4-7,9-10,22H,11-14H2,1-3H3,(H,30,34)(H,31,37)(H,33,36)/t22-,25?,26?/m1/s1. The smallest absolute Gasteiger partial charge is 0.255 e. The summed E-state index contributed by atoms with van der Waals surface area (Å²) in [4.78, 5) is 29.0. The highest BCUT2D eigenvalue weighted by Crippen LogP contribution is 2.62. The van der Waals surface area contributed by atoms with Crippen LogP contribution in [-0.4, -0.2) is 55.9 Å². The number of amides is 2. The second kappa shape index (κ2) is 8.50. The van der Waals surface area contributed by atoms with Crippen molar-refractivity contribution in [1.29, 1.82) is 5.26 Å². The average molecular weight is 508 g/mol. The van der Waals surface area contributed by atoms with Crippen molar-refractivity contribution >= 4 is 23.0 Å². The van der Waals surface area contributed by atoms with Crippen molar-refractivity contribution in [3.05, 3.63) is 47.8 Å². The van der Waals surface area contributed by atoms with Crippen LogP contribution in [0.15, 0.2) is 36.7 Å². The fraction of sp³-hybridized carbons (Fsp3) is 0.423. The number of pyridine rings is 1. The number of fused-ring (bicyclic) bond motifs is 1. The number of rotatable bonds is 8. The highest BCUT2D eigenvalue weighted by Gasteiger charge is 2.68. The zero-order chi connectivity index (χ0) is 26.6. The van der Waals surface area contributed by atoms with E-state index in [1.165, 1.54) is 19.3 Å². The maximum absolute atomic E-state index is 14.1. The molecule has 1 atom stereocenters. The molecular formula is C26H27F2N7O2. The molecule has 3 aromatic rings. The first-order valence-corrected chi connectivity index (χ1v) is 12.0. The molecule has 3 aromatic heterocycles. The molecule has 2 amide bonds. The van der Waals surface area contributed by atoms with Gasteiger partial charge >= 0.3 is 0 Å². The molecule has 3 saturated carbocycles. The molecule has 0 unspecified atom stereocenters. The van der Waals surface area contributed by atoms with Gasteiger partial charge in [0, 0.05) is 24.2 Å². The van der Waals surface area contributed by atoms with Crippen LogP contribution < -0.4 is 16.0 Å². The fourth-order valence-electron chi connectivity index (χ4n) is 5.37. The van der Waals surface area contributed by atoms with Gasteiger partial charge < -0.3 is 16.0 Å². The van der Waals surface area contributed by atoms with Crippen LogP contribution >= 0.6 is 0 Å². The lowest BCUT2D eigenvalue weighted by molar-refractivity contribution is -0.131. The topological polar surface area (TPSA) is 124 Å². The van der Waals surface area contributed by atoms with Crippen LogP contribution in [0, 0.1) is 11.3 Å². The van der Waals surface area contributed by atoms with E-state index in [4.69, 9.17) is 5.26 Å². The predicted octanol–water partition coefficient (Wildman–Crippen LogP) is 3.31. The van der Waals surface area contributed by atoms with Gasteiger partial charge in [0.05, 0.1) is 46.5 Å². The Kier molecular flexibility index (Phi) is 5.66. The van der Waals surface area contributed by atoms with E-state index in [-0.39, 0.29) is 22.5 Å². The third kappa shape index (κ3) is 4.48. The molecule has 0 radical (unpaired) electrons. The summed E-state index contributed by atoms with van der Waals surface area (Å²) in [5, 5.41) is 22.4. The van der Waals surface area contributed by atoms with Crippen molar-refractivity contribution in [3.63, 3.8) is 0 Å². The minimum absolute atomic E-state index is 0.0803. The van der Waals surface area contributed by atoms with Gasteiger partial charge in [-0.2, -0.15) is 10.4 Å². The Labute approximate surface area is 212 Å². The number of carbonyl (C=O) groups excluding carboxylic acids is 2. The van der Waals surface area contributed by atoms with Crippen molar-refractivity contribution in [2.24, 2.45) is 0 Å². The molecule has 6 rings (SSSR count). The molecule has 0 aromatic carbocycles. The fourth-order valence-corrected chi connectivity index (χ4v) is 5.37. The first-order chi connectivity index (χ1) is 17.4. The van der Waals surface area contributed by atoms with Crippen molar-refractivity contribution in [2.75, 3.05) is 11.9 Å². The van der Waals surface area contributed by atoms with Gasteiger partial charge in [-0.05, 0) is 57.4 Å². The Morgan fingerprint density at radius 1 is 1.22 bits per heavy atom. The molecule has 37 heavy (non-hydrogen) atoms. The van der Waals surface area contributed by atoms with E-state index in [0.29, 0.717) is 47.4 Å². The molecule has 3 aliphatic carbocycles. The number of hydrogen-bond acceptors (Lipinski definition) is 6. The molecule has 3 heterocycles. The summed E-state index contributed by atoms with van der Waals surface area (Å²) in [6.45, 7) is 3.26. The molecule has 3 aliphatic rings. The number of nitrogens with zero attached hydrogens (tertiary/aromatic N) is 4. The number of alkyl halides is 2. The largest absolute Gasteiger partial charge is 0.379 e. The predicted molar refractivity (Wildman–Crippen MR) is 132 cm³/mol. The maximum atomic E-state index is 14.1. The average Bonchev–Trinajstić information content (AvgIpc) is 3.22. The molecule has 0 saturated heterocycles. The Balaban J connectivity index is 1.44. The second-order valence-corrected chi connectivity index (χ2v) is 10.7. The number of nitriles is 1. The van der Waals surface area contributed by atoms with Crippen molar-refractivity contribution < 1.29 is 18.4 Å². The van der Waals surface area contributed by atoms with E-state index >= 15 is 0 Å². The lowest BCUT2D eigenvalue weighted by atomic mass is 9.44.